The molecule has 0 N–H and O–H groups in total. The van der Waals surface area contributed by atoms with Crippen LogP contribution in [-0.2, 0) is 0 Å². The molecule has 1 aliphatic heterocycles. The Balaban J connectivity index is 1.47. The Bertz CT molecular complexity index is 911. The molecule has 1 aliphatic rings. The predicted octanol–water partition coefficient (Wildman–Crippen LogP) is 1.23. The second kappa shape index (κ2) is 6.58. The van der Waals surface area contributed by atoms with Crippen molar-refractivity contribution in [2.45, 2.75) is 13.8 Å². The Morgan fingerprint density at radius 3 is 2.50 bits per heavy atom. The molecule has 0 radical (unpaired) electrons. The molecule has 3 aromatic heterocycles. The highest BCUT2D eigenvalue weighted by atomic mass is 16.5. The van der Waals surface area contributed by atoms with E-state index in [1.165, 1.54) is 0 Å². The lowest BCUT2D eigenvalue weighted by Gasteiger charge is -2.35. The van der Waals surface area contributed by atoms with E-state index in [9.17, 15) is 4.79 Å². The molecular formula is C17H19N7O2. The number of amides is 1. The fourth-order valence-corrected chi connectivity index (χ4v) is 2.99. The normalized spacial score (nSPS) is 14.7. The monoisotopic (exact) mass is 353 g/mol. The Morgan fingerprint density at radius 2 is 1.85 bits per heavy atom. The highest BCUT2D eigenvalue weighted by Crippen LogP contribution is 2.18. The summed E-state index contributed by atoms with van der Waals surface area (Å²) in [6.45, 7) is 6.25. The fourth-order valence-electron chi connectivity index (χ4n) is 2.99. The molecule has 0 atom stereocenters. The van der Waals surface area contributed by atoms with Gasteiger partial charge in [-0.2, -0.15) is 0 Å². The van der Waals surface area contributed by atoms with Gasteiger partial charge in [0, 0.05) is 50.7 Å². The van der Waals surface area contributed by atoms with Crippen LogP contribution in [0.1, 0.15) is 22.1 Å². The van der Waals surface area contributed by atoms with Crippen LogP contribution in [-0.4, -0.2) is 61.7 Å². The number of aryl methyl sites for hydroxylation is 2. The molecule has 1 amide bonds. The highest BCUT2D eigenvalue weighted by Gasteiger charge is 2.25. The molecule has 0 unspecified atom stereocenters. The third-order valence-electron chi connectivity index (χ3n) is 4.32. The van der Waals surface area contributed by atoms with Crippen molar-refractivity contribution in [3.05, 3.63) is 48.1 Å². The zero-order valence-corrected chi connectivity index (χ0v) is 14.7. The summed E-state index contributed by atoms with van der Waals surface area (Å²) in [4.78, 5) is 29.5. The lowest BCUT2D eigenvalue weighted by molar-refractivity contribution is 0.0736. The molecule has 9 nitrogen and oxygen atoms in total. The van der Waals surface area contributed by atoms with Crippen molar-refractivity contribution in [2.24, 2.45) is 0 Å². The summed E-state index contributed by atoms with van der Waals surface area (Å²) in [5.41, 5.74) is 0.358. The number of hydrogen-bond donors (Lipinski definition) is 0. The van der Waals surface area contributed by atoms with E-state index in [0.717, 1.165) is 11.6 Å². The van der Waals surface area contributed by atoms with Crippen LogP contribution in [0, 0.1) is 13.8 Å². The van der Waals surface area contributed by atoms with Gasteiger partial charge < -0.3 is 14.3 Å². The van der Waals surface area contributed by atoms with E-state index in [1.54, 1.807) is 30.4 Å². The van der Waals surface area contributed by atoms with Crippen molar-refractivity contribution < 1.29 is 9.32 Å². The van der Waals surface area contributed by atoms with Gasteiger partial charge in [0.2, 0.25) is 0 Å². The topological polar surface area (TPSA) is 93.2 Å². The molecule has 4 heterocycles. The van der Waals surface area contributed by atoms with Gasteiger partial charge in [0.05, 0.1) is 0 Å². The summed E-state index contributed by atoms with van der Waals surface area (Å²) in [7, 11) is 0. The standard InChI is InChI=1S/C17H19N7O2/c1-12-9-14(21-26-12)17(25)23-7-5-22(6-8-23)15-10-16(20-13(2)19-15)24-4-3-18-11-24/h3-4,9-11H,5-8H2,1-2H3. The first-order valence-corrected chi connectivity index (χ1v) is 8.42. The number of anilines is 1. The maximum absolute atomic E-state index is 12.5. The van der Waals surface area contributed by atoms with Crippen LogP contribution >= 0.6 is 0 Å². The maximum atomic E-state index is 12.5. The molecule has 1 fully saturated rings. The van der Waals surface area contributed by atoms with Crippen molar-refractivity contribution in [1.29, 1.82) is 0 Å². The van der Waals surface area contributed by atoms with E-state index in [-0.39, 0.29) is 5.91 Å². The van der Waals surface area contributed by atoms with Crippen LogP contribution in [0.3, 0.4) is 0 Å². The molecule has 9 heteroatoms. The van der Waals surface area contributed by atoms with Gasteiger partial charge in [-0.15, -0.1) is 0 Å². The lowest BCUT2D eigenvalue weighted by atomic mass is 10.2. The van der Waals surface area contributed by atoms with Crippen molar-refractivity contribution in [3.63, 3.8) is 0 Å². The minimum absolute atomic E-state index is 0.0977. The molecule has 3 aromatic rings. The first-order valence-electron chi connectivity index (χ1n) is 8.42. The minimum atomic E-state index is -0.0977. The van der Waals surface area contributed by atoms with Crippen molar-refractivity contribution >= 4 is 11.7 Å². The first-order chi connectivity index (χ1) is 12.6. The molecule has 26 heavy (non-hydrogen) atoms. The van der Waals surface area contributed by atoms with Gasteiger partial charge in [-0.1, -0.05) is 5.16 Å². The lowest BCUT2D eigenvalue weighted by Crippen LogP contribution is -2.49. The summed E-state index contributed by atoms with van der Waals surface area (Å²) < 4.78 is 6.85. The van der Waals surface area contributed by atoms with Gasteiger partial charge in [-0.25, -0.2) is 15.0 Å². The molecule has 0 spiro atoms. The summed E-state index contributed by atoms with van der Waals surface area (Å²) in [6, 6.07) is 3.60. The SMILES string of the molecule is Cc1nc(N2CCN(C(=O)c3cc(C)on3)CC2)cc(-n2ccnc2)n1. The number of aromatic nitrogens is 5. The van der Waals surface area contributed by atoms with Crippen LogP contribution in [0.15, 0.2) is 35.4 Å². The number of piperazine rings is 1. The molecule has 134 valence electrons. The zero-order chi connectivity index (χ0) is 18.1. The number of imidazole rings is 1. The number of rotatable bonds is 3. The number of carbonyl (C=O) groups excluding carboxylic acids is 1. The van der Waals surface area contributed by atoms with Crippen LogP contribution in [0.4, 0.5) is 5.82 Å². The number of nitrogens with zero attached hydrogens (tertiary/aromatic N) is 7. The second-order valence-electron chi connectivity index (χ2n) is 6.20. The molecule has 4 rings (SSSR count). The van der Waals surface area contributed by atoms with Gasteiger partial charge >= 0.3 is 0 Å². The second-order valence-corrected chi connectivity index (χ2v) is 6.20. The van der Waals surface area contributed by atoms with E-state index in [0.29, 0.717) is 43.5 Å². The summed E-state index contributed by atoms with van der Waals surface area (Å²) in [5, 5.41) is 3.81. The Labute approximate surface area is 150 Å². The van der Waals surface area contributed by atoms with E-state index < -0.39 is 0 Å². The van der Waals surface area contributed by atoms with E-state index in [1.807, 2.05) is 23.8 Å². The Hall–Kier alpha value is -3.23. The third kappa shape index (κ3) is 3.15. The maximum Gasteiger partial charge on any atom is 0.276 e. The number of hydrogen-bond acceptors (Lipinski definition) is 7. The summed E-state index contributed by atoms with van der Waals surface area (Å²) in [5.74, 6) is 2.87. The van der Waals surface area contributed by atoms with Crippen molar-refractivity contribution in [2.75, 3.05) is 31.1 Å². The van der Waals surface area contributed by atoms with Gasteiger partial charge in [-0.05, 0) is 13.8 Å². The van der Waals surface area contributed by atoms with Crippen LogP contribution < -0.4 is 4.90 Å². The predicted molar refractivity (Wildman–Crippen MR) is 93.2 cm³/mol. The summed E-state index contributed by atoms with van der Waals surface area (Å²) in [6.07, 6.45) is 5.28. The van der Waals surface area contributed by atoms with Crippen LogP contribution in [0.2, 0.25) is 0 Å². The molecule has 0 aromatic carbocycles. The number of carbonyl (C=O) groups is 1. The highest BCUT2D eigenvalue weighted by molar-refractivity contribution is 5.92. The molecule has 0 aliphatic carbocycles. The van der Waals surface area contributed by atoms with Crippen LogP contribution in [0.5, 0.6) is 0 Å². The molecule has 1 saturated heterocycles. The van der Waals surface area contributed by atoms with Crippen molar-refractivity contribution in [3.8, 4) is 5.82 Å². The van der Waals surface area contributed by atoms with Crippen molar-refractivity contribution in [1.82, 2.24) is 29.6 Å². The van der Waals surface area contributed by atoms with Gasteiger partial charge in [-0.3, -0.25) is 9.36 Å². The van der Waals surface area contributed by atoms with E-state index in [2.05, 4.69) is 25.0 Å². The largest absolute Gasteiger partial charge is 0.361 e. The quantitative estimate of drug-likeness (QED) is 0.699. The molecule has 0 saturated carbocycles. The third-order valence-corrected chi connectivity index (χ3v) is 4.32. The van der Waals surface area contributed by atoms with Gasteiger partial charge in [0.1, 0.15) is 29.5 Å². The van der Waals surface area contributed by atoms with E-state index >= 15 is 0 Å². The fraction of sp³-hybridized carbons (Fsp3) is 0.353. The van der Waals surface area contributed by atoms with Crippen LogP contribution in [0.25, 0.3) is 5.82 Å². The Kier molecular flexibility index (Phi) is 4.11. The molecular weight excluding hydrogens is 334 g/mol. The minimum Gasteiger partial charge on any atom is -0.361 e. The average molecular weight is 353 g/mol. The average Bonchev–Trinajstić information content (AvgIpc) is 3.32. The summed E-state index contributed by atoms with van der Waals surface area (Å²) >= 11 is 0. The van der Waals surface area contributed by atoms with Gasteiger partial charge in [0.25, 0.3) is 5.91 Å². The smallest absolute Gasteiger partial charge is 0.276 e. The first kappa shape index (κ1) is 16.2. The molecule has 0 bridgehead atoms. The van der Waals surface area contributed by atoms with E-state index in [4.69, 9.17) is 4.52 Å². The Morgan fingerprint density at radius 1 is 1.08 bits per heavy atom. The van der Waals surface area contributed by atoms with Gasteiger partial charge in [0.15, 0.2) is 5.69 Å². The zero-order valence-electron chi connectivity index (χ0n) is 14.7.